The first-order valence-electron chi connectivity index (χ1n) is 11.3. The monoisotopic (exact) mass is 547 g/mol. The number of para-hydroxylation sites is 1. The molecule has 2 aromatic carbocycles. The van der Waals surface area contributed by atoms with Crippen molar-refractivity contribution in [2.24, 2.45) is 0 Å². The molecule has 1 aliphatic carbocycles. The number of urea groups is 1. The molecule has 38 heavy (non-hydrogen) atoms. The van der Waals surface area contributed by atoms with E-state index in [4.69, 9.17) is 0 Å². The Labute approximate surface area is 215 Å². The zero-order valence-electron chi connectivity index (χ0n) is 19.5. The molecule has 2 aliphatic rings. The van der Waals surface area contributed by atoms with Crippen LogP contribution in [0.1, 0.15) is 18.4 Å². The van der Waals surface area contributed by atoms with Crippen molar-refractivity contribution in [1.29, 1.82) is 0 Å². The van der Waals surface area contributed by atoms with Crippen LogP contribution in [-0.4, -0.2) is 42.1 Å². The first-order valence-corrected chi connectivity index (χ1v) is 12.8. The van der Waals surface area contributed by atoms with E-state index in [-0.39, 0.29) is 17.9 Å². The molecule has 10 nitrogen and oxygen atoms in total. The minimum absolute atomic E-state index is 0.0889. The van der Waals surface area contributed by atoms with Gasteiger partial charge in [0.1, 0.15) is 11.3 Å². The molecular formula is C24H20F3N5O5S. The number of ether oxygens (including phenoxy) is 1. The lowest BCUT2D eigenvalue weighted by Crippen LogP contribution is -2.37. The Hall–Kier alpha value is -4.33. The Morgan fingerprint density at radius 1 is 0.974 bits per heavy atom. The van der Waals surface area contributed by atoms with E-state index in [0.29, 0.717) is 24.1 Å². The molecule has 2 N–H and O–H groups in total. The van der Waals surface area contributed by atoms with Gasteiger partial charge in [-0.1, -0.05) is 18.2 Å². The van der Waals surface area contributed by atoms with Gasteiger partial charge in [0.25, 0.3) is 5.91 Å². The molecule has 1 aromatic heterocycles. The number of hydrogen-bond donors (Lipinski definition) is 2. The van der Waals surface area contributed by atoms with Gasteiger partial charge in [-0.3, -0.25) is 19.2 Å². The highest BCUT2D eigenvalue weighted by molar-refractivity contribution is 7.94. The van der Waals surface area contributed by atoms with E-state index < -0.39 is 39.8 Å². The van der Waals surface area contributed by atoms with Gasteiger partial charge in [0.2, 0.25) is 0 Å². The Balaban J connectivity index is 1.37. The number of imide groups is 1. The third kappa shape index (κ3) is 5.07. The molecule has 0 bridgehead atoms. The number of pyridine rings is 1. The van der Waals surface area contributed by atoms with Crippen LogP contribution in [0, 0.1) is 0 Å². The topological polar surface area (TPSA) is 121 Å². The van der Waals surface area contributed by atoms with Gasteiger partial charge in [0.15, 0.2) is 0 Å². The molecule has 3 aromatic rings. The highest BCUT2D eigenvalue weighted by Gasteiger charge is 2.65. The summed E-state index contributed by atoms with van der Waals surface area (Å²) >= 11 is 0. The third-order valence-corrected chi connectivity index (χ3v) is 7.10. The minimum Gasteiger partial charge on any atom is -0.406 e. The Kier molecular flexibility index (Phi) is 6.13. The summed E-state index contributed by atoms with van der Waals surface area (Å²) < 4.78 is 71.5. The van der Waals surface area contributed by atoms with Crippen molar-refractivity contribution in [3.63, 3.8) is 0 Å². The van der Waals surface area contributed by atoms with E-state index in [9.17, 15) is 31.2 Å². The second kappa shape index (κ2) is 9.20. The fourth-order valence-electron chi connectivity index (χ4n) is 4.21. The summed E-state index contributed by atoms with van der Waals surface area (Å²) in [5.74, 6) is -0.995. The number of amides is 3. The number of halogens is 3. The molecule has 1 aliphatic heterocycles. The SMILES string of the molecule is O=C1N(c2ccc(OC(F)(F)F)cc2)C(=O)C2(CC2)N1Cc1ccncc1NS(=O)(=O)Nc1ccccc1. The molecule has 2 heterocycles. The maximum atomic E-state index is 13.4. The van der Waals surface area contributed by atoms with Gasteiger partial charge < -0.3 is 9.64 Å². The number of carbonyl (C=O) groups excluding carboxylic acids is 2. The van der Waals surface area contributed by atoms with Gasteiger partial charge in [-0.15, -0.1) is 13.2 Å². The number of alkyl halides is 3. The molecule has 1 saturated carbocycles. The predicted octanol–water partition coefficient (Wildman–Crippen LogP) is 4.25. The number of carbonyl (C=O) groups is 2. The van der Waals surface area contributed by atoms with Crippen LogP contribution in [0.2, 0.25) is 0 Å². The lowest BCUT2D eigenvalue weighted by molar-refractivity contribution is -0.274. The van der Waals surface area contributed by atoms with Crippen molar-refractivity contribution in [1.82, 2.24) is 9.88 Å². The van der Waals surface area contributed by atoms with Crippen LogP contribution in [0.3, 0.4) is 0 Å². The van der Waals surface area contributed by atoms with Crippen molar-refractivity contribution in [2.45, 2.75) is 31.3 Å². The van der Waals surface area contributed by atoms with E-state index in [1.807, 2.05) is 0 Å². The summed E-state index contributed by atoms with van der Waals surface area (Å²) in [6, 6.07) is 13.5. The minimum atomic E-state index is -4.88. The lowest BCUT2D eigenvalue weighted by atomic mass is 10.1. The smallest absolute Gasteiger partial charge is 0.406 e. The Morgan fingerprint density at radius 2 is 1.66 bits per heavy atom. The number of rotatable bonds is 8. The van der Waals surface area contributed by atoms with Crippen molar-refractivity contribution in [3.05, 3.63) is 78.6 Å². The molecule has 0 unspecified atom stereocenters. The summed E-state index contributed by atoms with van der Waals surface area (Å²) in [4.78, 5) is 32.8. The zero-order valence-corrected chi connectivity index (χ0v) is 20.3. The zero-order chi connectivity index (χ0) is 27.1. The van der Waals surface area contributed by atoms with E-state index in [1.165, 1.54) is 35.5 Å². The normalized spacial score (nSPS) is 16.6. The Bertz CT molecular complexity index is 1480. The highest BCUT2D eigenvalue weighted by Crippen LogP contribution is 2.50. The van der Waals surface area contributed by atoms with Crippen molar-refractivity contribution in [2.75, 3.05) is 14.3 Å². The van der Waals surface area contributed by atoms with Crippen molar-refractivity contribution < 1.29 is 35.9 Å². The predicted molar refractivity (Wildman–Crippen MR) is 130 cm³/mol. The van der Waals surface area contributed by atoms with Gasteiger partial charge >= 0.3 is 22.6 Å². The molecule has 1 spiro atoms. The molecule has 0 radical (unpaired) electrons. The molecule has 1 saturated heterocycles. The largest absolute Gasteiger partial charge is 0.573 e. The van der Waals surface area contributed by atoms with E-state index in [0.717, 1.165) is 17.0 Å². The number of benzene rings is 2. The number of anilines is 3. The molecule has 3 amide bonds. The first kappa shape index (κ1) is 25.3. The van der Waals surface area contributed by atoms with E-state index in [2.05, 4.69) is 19.2 Å². The van der Waals surface area contributed by atoms with E-state index in [1.54, 1.807) is 30.3 Å². The van der Waals surface area contributed by atoms with Crippen LogP contribution >= 0.6 is 0 Å². The summed E-state index contributed by atoms with van der Waals surface area (Å²) in [6.07, 6.45) is -1.37. The highest BCUT2D eigenvalue weighted by atomic mass is 32.2. The second-order valence-electron chi connectivity index (χ2n) is 8.69. The molecule has 5 rings (SSSR count). The van der Waals surface area contributed by atoms with Gasteiger partial charge in [-0.2, -0.15) is 8.42 Å². The number of nitrogens with zero attached hydrogens (tertiary/aromatic N) is 3. The lowest BCUT2D eigenvalue weighted by Gasteiger charge is -2.23. The fourth-order valence-corrected chi connectivity index (χ4v) is 5.19. The quantitative estimate of drug-likeness (QED) is 0.407. The van der Waals surface area contributed by atoms with Crippen LogP contribution in [0.15, 0.2) is 73.1 Å². The number of nitrogens with one attached hydrogen (secondary N) is 2. The van der Waals surface area contributed by atoms with Crippen LogP contribution < -0.4 is 19.1 Å². The van der Waals surface area contributed by atoms with E-state index >= 15 is 0 Å². The molecule has 14 heteroatoms. The van der Waals surface area contributed by atoms with Crippen LogP contribution in [0.5, 0.6) is 5.75 Å². The summed E-state index contributed by atoms with van der Waals surface area (Å²) in [5.41, 5.74) is -0.184. The first-order chi connectivity index (χ1) is 18.0. The van der Waals surface area contributed by atoms with Crippen LogP contribution in [0.25, 0.3) is 0 Å². The molecule has 2 fully saturated rings. The second-order valence-corrected chi connectivity index (χ2v) is 10.1. The average molecular weight is 548 g/mol. The maximum absolute atomic E-state index is 13.4. The van der Waals surface area contributed by atoms with Gasteiger partial charge in [-0.05, 0) is 60.9 Å². The molecule has 198 valence electrons. The summed E-state index contributed by atoms with van der Waals surface area (Å²) in [7, 11) is -4.06. The summed E-state index contributed by atoms with van der Waals surface area (Å²) in [6.45, 7) is -0.109. The number of hydrogen-bond acceptors (Lipinski definition) is 6. The van der Waals surface area contributed by atoms with Gasteiger partial charge in [0.05, 0.1) is 29.8 Å². The maximum Gasteiger partial charge on any atom is 0.573 e. The van der Waals surface area contributed by atoms with Gasteiger partial charge in [0, 0.05) is 6.20 Å². The molecule has 0 atom stereocenters. The number of aromatic nitrogens is 1. The molecular weight excluding hydrogens is 527 g/mol. The summed E-state index contributed by atoms with van der Waals surface area (Å²) in [5, 5.41) is 0. The van der Waals surface area contributed by atoms with Crippen molar-refractivity contribution >= 4 is 39.2 Å². The van der Waals surface area contributed by atoms with Gasteiger partial charge in [-0.25, -0.2) is 9.69 Å². The van der Waals surface area contributed by atoms with Crippen LogP contribution in [-0.2, 0) is 21.5 Å². The third-order valence-electron chi connectivity index (χ3n) is 6.10. The van der Waals surface area contributed by atoms with Crippen LogP contribution in [0.4, 0.5) is 35.0 Å². The standard InChI is InChI=1S/C24H20F3N5O5S/c25-24(26,27)37-19-8-6-18(7-9-19)32-21(33)23(11-12-23)31(22(32)34)15-16-10-13-28-14-20(16)30-38(35,36)29-17-4-2-1-3-5-17/h1-10,13-14,29-30H,11-12,15H2. The fraction of sp³-hybridized carbons (Fsp3) is 0.208. The Morgan fingerprint density at radius 3 is 2.29 bits per heavy atom. The van der Waals surface area contributed by atoms with Crippen molar-refractivity contribution in [3.8, 4) is 5.75 Å². The average Bonchev–Trinajstić information content (AvgIpc) is 3.62.